The molecule has 0 aliphatic carbocycles. The molecule has 2 heterocycles. The Bertz CT molecular complexity index is 522. The van der Waals surface area contributed by atoms with Crippen LogP contribution in [0.1, 0.15) is 19.5 Å². The molecule has 0 spiro atoms. The van der Waals surface area contributed by atoms with E-state index in [2.05, 4.69) is 5.10 Å². The van der Waals surface area contributed by atoms with Gasteiger partial charge >= 0.3 is 0 Å². The molecule has 0 saturated heterocycles. The van der Waals surface area contributed by atoms with E-state index in [4.69, 9.17) is 0 Å². The molecule has 82 valence electrons. The lowest BCUT2D eigenvalue weighted by Crippen LogP contribution is -2.17. The third-order valence-electron chi connectivity index (χ3n) is 2.26. The minimum absolute atomic E-state index is 0.000556. The quantitative estimate of drug-likeness (QED) is 0.658. The molecule has 2 rings (SSSR count). The summed E-state index contributed by atoms with van der Waals surface area (Å²) in [5, 5.41) is 5.13. The molecule has 15 heavy (non-hydrogen) atoms. The number of nitrogens with zero attached hydrogens (tertiary/aromatic N) is 3. The molecule has 0 radical (unpaired) electrons. The van der Waals surface area contributed by atoms with E-state index in [-0.39, 0.29) is 5.56 Å². The number of hydrogen-bond donors (Lipinski definition) is 0. The van der Waals surface area contributed by atoms with Crippen LogP contribution in [0.15, 0.2) is 17.1 Å². The van der Waals surface area contributed by atoms with Gasteiger partial charge in [0.1, 0.15) is 5.52 Å². The lowest BCUT2D eigenvalue weighted by Gasteiger charge is -1.97. The first kappa shape index (κ1) is 11.5. The van der Waals surface area contributed by atoms with Crippen LogP contribution < -0.4 is 5.56 Å². The van der Waals surface area contributed by atoms with Gasteiger partial charge in [-0.05, 0) is 13.0 Å². The second-order valence-corrected chi connectivity index (χ2v) is 3.20. The van der Waals surface area contributed by atoms with Gasteiger partial charge in [-0.1, -0.05) is 13.8 Å². The van der Waals surface area contributed by atoms with Gasteiger partial charge in [0.15, 0.2) is 0 Å². The maximum Gasteiger partial charge on any atom is 0.276 e. The number of pyridine rings is 1. The fourth-order valence-corrected chi connectivity index (χ4v) is 1.55. The summed E-state index contributed by atoms with van der Waals surface area (Å²) in [6, 6.07) is 1.92. The molecule has 0 aliphatic heterocycles. The maximum atomic E-state index is 11.7. The van der Waals surface area contributed by atoms with Crippen molar-refractivity contribution in [3.05, 3.63) is 28.3 Å². The highest BCUT2D eigenvalue weighted by molar-refractivity contribution is 5.80. The van der Waals surface area contributed by atoms with Gasteiger partial charge in [-0.15, -0.1) is 0 Å². The molecule has 0 N–H and O–H groups in total. The first-order valence-corrected chi connectivity index (χ1v) is 5.10. The summed E-state index contributed by atoms with van der Waals surface area (Å²) in [6.07, 6.45) is 1.76. The van der Waals surface area contributed by atoms with Gasteiger partial charge in [0, 0.05) is 25.7 Å². The van der Waals surface area contributed by atoms with Crippen LogP contribution in [0.5, 0.6) is 0 Å². The molecule has 4 heteroatoms. The number of hydrogen-bond acceptors (Lipinski definition) is 2. The maximum absolute atomic E-state index is 11.7. The summed E-state index contributed by atoms with van der Waals surface area (Å²) in [5.41, 5.74) is 1.57. The van der Waals surface area contributed by atoms with E-state index >= 15 is 0 Å². The van der Waals surface area contributed by atoms with Crippen LogP contribution in [0.25, 0.3) is 10.9 Å². The van der Waals surface area contributed by atoms with E-state index in [0.717, 1.165) is 11.1 Å². The van der Waals surface area contributed by atoms with Crippen molar-refractivity contribution < 1.29 is 0 Å². The van der Waals surface area contributed by atoms with Gasteiger partial charge in [-0.2, -0.15) is 5.10 Å². The van der Waals surface area contributed by atoms with Crippen molar-refractivity contribution >= 4 is 10.9 Å². The predicted molar refractivity (Wildman–Crippen MR) is 62.0 cm³/mol. The first-order valence-electron chi connectivity index (χ1n) is 5.10. The molecule has 2 aromatic rings. The van der Waals surface area contributed by atoms with Crippen LogP contribution in [0.3, 0.4) is 0 Å². The Balaban J connectivity index is 0.000000531. The SMILES string of the molecule is CC.Cc1nn(C)c2c(=O)n(C)ccc12. The van der Waals surface area contributed by atoms with Crippen molar-refractivity contribution in [2.24, 2.45) is 14.1 Å². The van der Waals surface area contributed by atoms with Crippen LogP contribution >= 0.6 is 0 Å². The summed E-state index contributed by atoms with van der Waals surface area (Å²) >= 11 is 0. The Hall–Kier alpha value is -1.58. The van der Waals surface area contributed by atoms with Crippen LogP contribution in [0, 0.1) is 6.92 Å². The Morgan fingerprint density at radius 1 is 1.27 bits per heavy atom. The summed E-state index contributed by atoms with van der Waals surface area (Å²) in [6.45, 7) is 5.90. The largest absolute Gasteiger partial charge is 0.317 e. The van der Waals surface area contributed by atoms with Crippen molar-refractivity contribution in [1.29, 1.82) is 0 Å². The fraction of sp³-hybridized carbons (Fsp3) is 0.455. The average molecular weight is 207 g/mol. The summed E-state index contributed by atoms with van der Waals surface area (Å²) in [5.74, 6) is 0. The number of aryl methyl sites for hydroxylation is 3. The van der Waals surface area contributed by atoms with Crippen molar-refractivity contribution in [2.45, 2.75) is 20.8 Å². The Kier molecular flexibility index (Phi) is 3.29. The second kappa shape index (κ2) is 4.29. The van der Waals surface area contributed by atoms with Gasteiger partial charge in [-0.3, -0.25) is 9.48 Å². The summed E-state index contributed by atoms with van der Waals surface area (Å²) < 4.78 is 3.19. The molecule has 0 unspecified atom stereocenters. The predicted octanol–water partition coefficient (Wildman–Crippen LogP) is 1.61. The lowest BCUT2D eigenvalue weighted by atomic mass is 10.2. The van der Waals surface area contributed by atoms with Crippen molar-refractivity contribution in [2.75, 3.05) is 0 Å². The van der Waals surface area contributed by atoms with E-state index in [1.165, 1.54) is 0 Å². The number of aromatic nitrogens is 3. The topological polar surface area (TPSA) is 39.8 Å². The third kappa shape index (κ3) is 1.79. The minimum Gasteiger partial charge on any atom is -0.317 e. The zero-order chi connectivity index (χ0) is 11.6. The molecule has 0 aliphatic rings. The highest BCUT2D eigenvalue weighted by atomic mass is 16.1. The Labute approximate surface area is 89.1 Å². The Morgan fingerprint density at radius 3 is 2.47 bits per heavy atom. The van der Waals surface area contributed by atoms with Crippen molar-refractivity contribution in [3.63, 3.8) is 0 Å². The summed E-state index contributed by atoms with van der Waals surface area (Å²) in [7, 11) is 3.53. The Morgan fingerprint density at radius 2 is 1.87 bits per heavy atom. The monoisotopic (exact) mass is 207 g/mol. The minimum atomic E-state index is 0.000556. The molecule has 0 saturated carbocycles. The smallest absolute Gasteiger partial charge is 0.276 e. The standard InChI is InChI=1S/C9H11N3O.C2H6/c1-6-7-4-5-11(2)9(13)8(7)12(3)10-6;1-2/h4-5H,1-3H3;1-2H3. The molecule has 4 nitrogen and oxygen atoms in total. The normalized spacial score (nSPS) is 9.93. The van der Waals surface area contributed by atoms with Crippen LogP contribution in [-0.4, -0.2) is 14.3 Å². The fourth-order valence-electron chi connectivity index (χ4n) is 1.55. The molecule has 0 amide bonds. The molecular formula is C11H17N3O. The van der Waals surface area contributed by atoms with Crippen LogP contribution in [0.4, 0.5) is 0 Å². The summed E-state index contributed by atoms with van der Waals surface area (Å²) in [4.78, 5) is 11.7. The van der Waals surface area contributed by atoms with E-state index < -0.39 is 0 Å². The van der Waals surface area contributed by atoms with Gasteiger partial charge in [0.2, 0.25) is 0 Å². The zero-order valence-corrected chi connectivity index (χ0v) is 9.90. The van der Waals surface area contributed by atoms with Crippen molar-refractivity contribution in [1.82, 2.24) is 14.3 Å². The average Bonchev–Trinajstić information content (AvgIpc) is 2.51. The van der Waals surface area contributed by atoms with Gasteiger partial charge in [-0.25, -0.2) is 0 Å². The van der Waals surface area contributed by atoms with Gasteiger partial charge in [0.25, 0.3) is 5.56 Å². The van der Waals surface area contributed by atoms with E-state index in [0.29, 0.717) is 5.52 Å². The van der Waals surface area contributed by atoms with Gasteiger partial charge < -0.3 is 4.57 Å². The molecular weight excluding hydrogens is 190 g/mol. The first-order chi connectivity index (χ1) is 7.11. The van der Waals surface area contributed by atoms with E-state index in [9.17, 15) is 4.79 Å². The number of rotatable bonds is 0. The van der Waals surface area contributed by atoms with E-state index in [1.807, 2.05) is 26.8 Å². The van der Waals surface area contributed by atoms with Crippen LogP contribution in [-0.2, 0) is 14.1 Å². The van der Waals surface area contributed by atoms with Crippen molar-refractivity contribution in [3.8, 4) is 0 Å². The lowest BCUT2D eigenvalue weighted by molar-refractivity contribution is 0.768. The molecule has 0 aromatic carbocycles. The molecule has 0 bridgehead atoms. The van der Waals surface area contributed by atoms with E-state index in [1.54, 1.807) is 29.5 Å². The highest BCUT2D eigenvalue weighted by Gasteiger charge is 2.08. The highest BCUT2D eigenvalue weighted by Crippen LogP contribution is 2.11. The van der Waals surface area contributed by atoms with Gasteiger partial charge in [0.05, 0.1) is 5.69 Å². The second-order valence-electron chi connectivity index (χ2n) is 3.20. The molecule has 0 fully saturated rings. The zero-order valence-electron chi connectivity index (χ0n) is 9.90. The van der Waals surface area contributed by atoms with Crippen LogP contribution in [0.2, 0.25) is 0 Å². The third-order valence-corrected chi connectivity index (χ3v) is 2.26. The molecule has 0 atom stereocenters. The number of fused-ring (bicyclic) bond motifs is 1. The molecule has 2 aromatic heterocycles.